The molecule has 3 unspecified atom stereocenters. The highest BCUT2D eigenvalue weighted by molar-refractivity contribution is 6.30. The number of hydrogen-bond acceptors (Lipinski definition) is 1. The summed E-state index contributed by atoms with van der Waals surface area (Å²) in [6, 6.07) is 7.80. The van der Waals surface area contributed by atoms with Gasteiger partial charge in [0.2, 0.25) is 0 Å². The molecule has 0 aromatic heterocycles. The molecular formula is C17H23ClO2. The Morgan fingerprint density at radius 1 is 1.40 bits per heavy atom. The average molecular weight is 295 g/mol. The Kier molecular flexibility index (Phi) is 5.09. The Morgan fingerprint density at radius 2 is 2.15 bits per heavy atom. The molecule has 3 atom stereocenters. The zero-order chi connectivity index (χ0) is 14.7. The fourth-order valence-corrected chi connectivity index (χ4v) is 3.64. The molecule has 1 saturated carbocycles. The fourth-order valence-electron chi connectivity index (χ4n) is 3.42. The van der Waals surface area contributed by atoms with Crippen molar-refractivity contribution in [1.82, 2.24) is 0 Å². The van der Waals surface area contributed by atoms with E-state index in [1.807, 2.05) is 24.3 Å². The second-order valence-corrected chi connectivity index (χ2v) is 6.79. The van der Waals surface area contributed by atoms with Crippen molar-refractivity contribution in [3.8, 4) is 0 Å². The Morgan fingerprint density at radius 3 is 2.75 bits per heavy atom. The third kappa shape index (κ3) is 3.76. The predicted molar refractivity (Wildman–Crippen MR) is 82.0 cm³/mol. The summed E-state index contributed by atoms with van der Waals surface area (Å²) in [7, 11) is 0. The van der Waals surface area contributed by atoms with Gasteiger partial charge in [-0.1, -0.05) is 37.6 Å². The minimum Gasteiger partial charge on any atom is -0.481 e. The molecule has 1 N–H and O–H groups in total. The van der Waals surface area contributed by atoms with Crippen molar-refractivity contribution in [2.24, 2.45) is 23.7 Å². The van der Waals surface area contributed by atoms with Crippen LogP contribution in [0.4, 0.5) is 0 Å². The Balaban J connectivity index is 2.13. The van der Waals surface area contributed by atoms with Gasteiger partial charge in [-0.25, -0.2) is 0 Å². The van der Waals surface area contributed by atoms with Crippen molar-refractivity contribution in [1.29, 1.82) is 0 Å². The number of hydrogen-bond donors (Lipinski definition) is 1. The van der Waals surface area contributed by atoms with Crippen LogP contribution in [0.3, 0.4) is 0 Å². The maximum absolute atomic E-state index is 11.5. The summed E-state index contributed by atoms with van der Waals surface area (Å²) in [5, 5.41) is 10.2. The Labute approximate surface area is 126 Å². The molecule has 1 aromatic rings. The number of rotatable bonds is 4. The molecule has 3 heteroatoms. The van der Waals surface area contributed by atoms with Gasteiger partial charge < -0.3 is 5.11 Å². The molecule has 1 fully saturated rings. The molecule has 0 amide bonds. The first-order chi connectivity index (χ1) is 9.47. The molecule has 20 heavy (non-hydrogen) atoms. The maximum Gasteiger partial charge on any atom is 0.306 e. The van der Waals surface area contributed by atoms with E-state index in [1.54, 1.807) is 0 Å². The van der Waals surface area contributed by atoms with E-state index < -0.39 is 5.97 Å². The molecule has 1 aliphatic rings. The monoisotopic (exact) mass is 294 g/mol. The topological polar surface area (TPSA) is 37.3 Å². The van der Waals surface area contributed by atoms with E-state index in [4.69, 9.17) is 11.6 Å². The Hall–Kier alpha value is -1.02. The molecule has 2 rings (SSSR count). The van der Waals surface area contributed by atoms with Crippen LogP contribution in [-0.2, 0) is 11.2 Å². The molecule has 0 spiro atoms. The van der Waals surface area contributed by atoms with Crippen molar-refractivity contribution in [3.05, 3.63) is 34.9 Å². The van der Waals surface area contributed by atoms with Crippen LogP contribution in [0, 0.1) is 23.7 Å². The number of benzene rings is 1. The molecule has 0 heterocycles. The lowest BCUT2D eigenvalue weighted by Gasteiger charge is -2.36. The van der Waals surface area contributed by atoms with Crippen LogP contribution in [-0.4, -0.2) is 11.1 Å². The number of carbonyl (C=O) groups is 1. The summed E-state index contributed by atoms with van der Waals surface area (Å²) < 4.78 is 0. The zero-order valence-corrected chi connectivity index (χ0v) is 12.9. The lowest BCUT2D eigenvalue weighted by Crippen LogP contribution is -2.33. The molecule has 0 aliphatic heterocycles. The van der Waals surface area contributed by atoms with Crippen molar-refractivity contribution in [2.45, 2.75) is 39.5 Å². The predicted octanol–water partition coefficient (Wildman–Crippen LogP) is 4.66. The van der Waals surface area contributed by atoms with Gasteiger partial charge in [-0.2, -0.15) is 0 Å². The molecule has 0 bridgehead atoms. The highest BCUT2D eigenvalue weighted by Gasteiger charge is 2.35. The molecule has 2 nitrogen and oxygen atoms in total. The largest absolute Gasteiger partial charge is 0.481 e. The van der Waals surface area contributed by atoms with E-state index in [0.29, 0.717) is 11.8 Å². The third-order valence-electron chi connectivity index (χ3n) is 4.67. The average Bonchev–Trinajstić information content (AvgIpc) is 2.38. The van der Waals surface area contributed by atoms with Crippen molar-refractivity contribution < 1.29 is 9.90 Å². The Bertz CT molecular complexity index is 470. The fraction of sp³-hybridized carbons (Fsp3) is 0.588. The van der Waals surface area contributed by atoms with Gasteiger partial charge in [0.15, 0.2) is 0 Å². The first-order valence-electron chi connectivity index (χ1n) is 7.44. The van der Waals surface area contributed by atoms with Gasteiger partial charge in [-0.3, -0.25) is 4.79 Å². The lowest BCUT2D eigenvalue weighted by atomic mass is 9.69. The van der Waals surface area contributed by atoms with E-state index in [9.17, 15) is 9.90 Å². The number of aliphatic carboxylic acids is 1. The highest BCUT2D eigenvalue weighted by atomic mass is 35.5. The summed E-state index contributed by atoms with van der Waals surface area (Å²) in [5.74, 6) is 0.664. The van der Waals surface area contributed by atoms with Gasteiger partial charge in [-0.05, 0) is 61.1 Å². The van der Waals surface area contributed by atoms with Crippen LogP contribution in [0.2, 0.25) is 5.02 Å². The standard InChI is InChI=1S/C17H23ClO2/c1-11(2)13-6-7-16(17(19)20)14(10-13)8-12-4-3-5-15(18)9-12/h3-5,9,11,13-14,16H,6-8,10H2,1-2H3,(H,19,20). The smallest absolute Gasteiger partial charge is 0.306 e. The second-order valence-electron chi connectivity index (χ2n) is 6.36. The summed E-state index contributed by atoms with van der Waals surface area (Å²) in [6.45, 7) is 4.48. The van der Waals surface area contributed by atoms with E-state index in [0.717, 1.165) is 36.3 Å². The number of carboxylic acid groups (broad SMARTS) is 1. The molecule has 1 aliphatic carbocycles. The highest BCUT2D eigenvalue weighted by Crippen LogP contribution is 2.39. The quantitative estimate of drug-likeness (QED) is 0.877. The van der Waals surface area contributed by atoms with E-state index in [1.165, 1.54) is 0 Å². The number of carboxylic acids is 1. The van der Waals surface area contributed by atoms with Gasteiger partial charge in [0.1, 0.15) is 0 Å². The summed E-state index contributed by atoms with van der Waals surface area (Å²) in [5.41, 5.74) is 1.15. The second kappa shape index (κ2) is 6.62. The van der Waals surface area contributed by atoms with Crippen LogP contribution in [0.1, 0.15) is 38.7 Å². The lowest BCUT2D eigenvalue weighted by molar-refractivity contribution is -0.145. The van der Waals surface area contributed by atoms with Crippen LogP contribution < -0.4 is 0 Å². The van der Waals surface area contributed by atoms with Gasteiger partial charge >= 0.3 is 5.97 Å². The van der Waals surface area contributed by atoms with Crippen molar-refractivity contribution >= 4 is 17.6 Å². The van der Waals surface area contributed by atoms with Gasteiger partial charge in [-0.15, -0.1) is 0 Å². The van der Waals surface area contributed by atoms with Gasteiger partial charge in [0.25, 0.3) is 0 Å². The maximum atomic E-state index is 11.5. The minimum atomic E-state index is -0.640. The number of halogens is 1. The molecular weight excluding hydrogens is 272 g/mol. The zero-order valence-electron chi connectivity index (χ0n) is 12.2. The minimum absolute atomic E-state index is 0.205. The molecule has 0 saturated heterocycles. The normalized spacial score (nSPS) is 26.7. The van der Waals surface area contributed by atoms with Crippen molar-refractivity contribution in [3.63, 3.8) is 0 Å². The van der Waals surface area contributed by atoms with Crippen LogP contribution >= 0.6 is 11.6 Å². The van der Waals surface area contributed by atoms with E-state index in [-0.39, 0.29) is 11.8 Å². The molecule has 0 radical (unpaired) electrons. The SMILES string of the molecule is CC(C)C1CCC(C(=O)O)C(Cc2cccc(Cl)c2)C1. The van der Waals surface area contributed by atoms with Crippen LogP contribution in [0.15, 0.2) is 24.3 Å². The molecule has 1 aromatic carbocycles. The van der Waals surface area contributed by atoms with Gasteiger partial charge in [0, 0.05) is 5.02 Å². The summed E-state index contributed by atoms with van der Waals surface area (Å²) in [6.07, 6.45) is 3.69. The van der Waals surface area contributed by atoms with Crippen LogP contribution in [0.5, 0.6) is 0 Å². The van der Waals surface area contributed by atoms with E-state index >= 15 is 0 Å². The third-order valence-corrected chi connectivity index (χ3v) is 4.91. The van der Waals surface area contributed by atoms with Gasteiger partial charge in [0.05, 0.1) is 5.92 Å². The first-order valence-corrected chi connectivity index (χ1v) is 7.82. The molecule has 110 valence electrons. The summed E-state index contributed by atoms with van der Waals surface area (Å²) in [4.78, 5) is 11.5. The van der Waals surface area contributed by atoms with E-state index in [2.05, 4.69) is 13.8 Å². The van der Waals surface area contributed by atoms with Crippen LogP contribution in [0.25, 0.3) is 0 Å². The first kappa shape index (κ1) is 15.4. The summed E-state index contributed by atoms with van der Waals surface area (Å²) >= 11 is 6.02. The van der Waals surface area contributed by atoms with Crippen molar-refractivity contribution in [2.75, 3.05) is 0 Å².